The summed E-state index contributed by atoms with van der Waals surface area (Å²) in [5.74, 6) is 0.491. The fourth-order valence-corrected chi connectivity index (χ4v) is 3.82. The minimum absolute atomic E-state index is 0.350. The molecule has 0 aliphatic carbocycles. The zero-order valence-corrected chi connectivity index (χ0v) is 13.2. The molecule has 1 aliphatic heterocycles. The van der Waals surface area contributed by atoms with Gasteiger partial charge in [-0.3, -0.25) is 9.88 Å². The summed E-state index contributed by atoms with van der Waals surface area (Å²) in [4.78, 5) is 7.13. The quantitative estimate of drug-likeness (QED) is 0.941. The van der Waals surface area contributed by atoms with Gasteiger partial charge in [0.05, 0.1) is 5.52 Å². The van der Waals surface area contributed by atoms with E-state index in [1.54, 1.807) is 0 Å². The van der Waals surface area contributed by atoms with Crippen molar-refractivity contribution in [3.63, 3.8) is 0 Å². The lowest BCUT2D eigenvalue weighted by molar-refractivity contribution is 0.103. The molecule has 4 heteroatoms. The highest BCUT2D eigenvalue weighted by atomic mass is 35.5. The number of aromatic nitrogens is 1. The van der Waals surface area contributed by atoms with E-state index >= 15 is 0 Å². The van der Waals surface area contributed by atoms with Crippen molar-refractivity contribution < 1.29 is 0 Å². The molecule has 2 unspecified atom stereocenters. The Morgan fingerprint density at radius 2 is 2.24 bits per heavy atom. The average Bonchev–Trinajstić information content (AvgIpc) is 2.55. The standard InChI is InChI=1S/C17H22ClN3/c1-2-21-10-4-5-12(11-19)17(21)14-7-8-15(18)13-6-3-9-20-16(13)14/h3,6-9,12,17H,2,4-5,10-11,19H2,1H3. The van der Waals surface area contributed by atoms with E-state index in [2.05, 4.69) is 22.9 Å². The van der Waals surface area contributed by atoms with Crippen LogP contribution in [0, 0.1) is 5.92 Å². The number of likely N-dealkylation sites (tertiary alicyclic amines) is 1. The lowest BCUT2D eigenvalue weighted by Crippen LogP contribution is -2.41. The van der Waals surface area contributed by atoms with Crippen LogP contribution in [0.5, 0.6) is 0 Å². The first-order valence-electron chi connectivity index (χ1n) is 7.73. The minimum Gasteiger partial charge on any atom is -0.330 e. The van der Waals surface area contributed by atoms with Crippen molar-refractivity contribution in [2.75, 3.05) is 19.6 Å². The van der Waals surface area contributed by atoms with Crippen LogP contribution in [0.1, 0.15) is 31.4 Å². The van der Waals surface area contributed by atoms with Crippen molar-refractivity contribution in [3.8, 4) is 0 Å². The molecule has 1 aromatic heterocycles. The summed E-state index contributed by atoms with van der Waals surface area (Å²) in [6, 6.07) is 8.47. The minimum atomic E-state index is 0.350. The number of hydrogen-bond acceptors (Lipinski definition) is 3. The summed E-state index contributed by atoms with van der Waals surface area (Å²) < 4.78 is 0. The first-order chi connectivity index (χ1) is 10.3. The van der Waals surface area contributed by atoms with Crippen LogP contribution in [0.3, 0.4) is 0 Å². The summed E-state index contributed by atoms with van der Waals surface area (Å²) in [5, 5.41) is 1.80. The monoisotopic (exact) mass is 303 g/mol. The van der Waals surface area contributed by atoms with Gasteiger partial charge < -0.3 is 5.73 Å². The lowest BCUT2D eigenvalue weighted by Gasteiger charge is -2.41. The molecule has 112 valence electrons. The maximum Gasteiger partial charge on any atom is 0.0764 e. The Morgan fingerprint density at radius 3 is 3.00 bits per heavy atom. The Hall–Kier alpha value is -1.16. The number of hydrogen-bond donors (Lipinski definition) is 1. The number of nitrogens with two attached hydrogens (primary N) is 1. The Morgan fingerprint density at radius 1 is 1.38 bits per heavy atom. The van der Waals surface area contributed by atoms with Gasteiger partial charge in [0.15, 0.2) is 0 Å². The van der Waals surface area contributed by atoms with Gasteiger partial charge in [-0.15, -0.1) is 0 Å². The summed E-state index contributed by atoms with van der Waals surface area (Å²) in [7, 11) is 0. The van der Waals surface area contributed by atoms with E-state index in [0.29, 0.717) is 12.0 Å². The molecule has 0 radical (unpaired) electrons. The first kappa shape index (κ1) is 14.8. The number of piperidine rings is 1. The second kappa shape index (κ2) is 6.30. The molecule has 2 atom stereocenters. The van der Waals surface area contributed by atoms with Crippen molar-refractivity contribution in [2.45, 2.75) is 25.8 Å². The van der Waals surface area contributed by atoms with Crippen LogP contribution < -0.4 is 5.73 Å². The number of rotatable bonds is 3. The van der Waals surface area contributed by atoms with Crippen LogP contribution >= 0.6 is 11.6 Å². The molecule has 1 aliphatic rings. The molecule has 2 heterocycles. The molecule has 0 saturated carbocycles. The maximum absolute atomic E-state index is 6.33. The molecule has 2 aromatic rings. The van der Waals surface area contributed by atoms with Gasteiger partial charge in [0.25, 0.3) is 0 Å². The third-order valence-electron chi connectivity index (χ3n) is 4.64. The molecule has 1 saturated heterocycles. The Bertz CT molecular complexity index is 616. The number of halogens is 1. The van der Waals surface area contributed by atoms with Gasteiger partial charge in [0, 0.05) is 22.6 Å². The van der Waals surface area contributed by atoms with E-state index in [1.807, 2.05) is 24.4 Å². The fraction of sp³-hybridized carbons (Fsp3) is 0.471. The largest absolute Gasteiger partial charge is 0.330 e. The number of benzene rings is 1. The van der Waals surface area contributed by atoms with Crippen LogP contribution in [0.15, 0.2) is 30.5 Å². The van der Waals surface area contributed by atoms with E-state index in [0.717, 1.165) is 35.6 Å². The Kier molecular flexibility index (Phi) is 4.43. The predicted molar refractivity (Wildman–Crippen MR) is 88.5 cm³/mol. The third-order valence-corrected chi connectivity index (χ3v) is 4.96. The van der Waals surface area contributed by atoms with Crippen LogP contribution in [0.2, 0.25) is 5.02 Å². The van der Waals surface area contributed by atoms with Gasteiger partial charge in [0.1, 0.15) is 0 Å². The number of nitrogens with zero attached hydrogens (tertiary/aromatic N) is 2. The molecule has 3 nitrogen and oxygen atoms in total. The fourth-order valence-electron chi connectivity index (χ4n) is 3.60. The Balaban J connectivity index is 2.14. The molecule has 1 aromatic carbocycles. The highest BCUT2D eigenvalue weighted by Crippen LogP contribution is 2.39. The summed E-state index contributed by atoms with van der Waals surface area (Å²) in [6.45, 7) is 5.11. The third kappa shape index (κ3) is 2.66. The first-order valence-corrected chi connectivity index (χ1v) is 8.11. The SMILES string of the molecule is CCN1CCCC(CN)C1c1ccc(Cl)c2cccnc12. The lowest BCUT2D eigenvalue weighted by atomic mass is 9.84. The molecular weight excluding hydrogens is 282 g/mol. The van der Waals surface area contributed by atoms with Crippen molar-refractivity contribution in [3.05, 3.63) is 41.0 Å². The molecule has 21 heavy (non-hydrogen) atoms. The molecule has 1 fully saturated rings. The van der Waals surface area contributed by atoms with Crippen molar-refractivity contribution >= 4 is 22.5 Å². The maximum atomic E-state index is 6.33. The van der Waals surface area contributed by atoms with E-state index < -0.39 is 0 Å². The van der Waals surface area contributed by atoms with Crippen LogP contribution in [0.4, 0.5) is 0 Å². The van der Waals surface area contributed by atoms with Crippen LogP contribution in [-0.4, -0.2) is 29.5 Å². The van der Waals surface area contributed by atoms with Gasteiger partial charge >= 0.3 is 0 Å². The topological polar surface area (TPSA) is 42.1 Å². The van der Waals surface area contributed by atoms with E-state index in [9.17, 15) is 0 Å². The summed E-state index contributed by atoms with van der Waals surface area (Å²) in [6.07, 6.45) is 4.26. The van der Waals surface area contributed by atoms with Gasteiger partial charge in [-0.05, 0) is 62.2 Å². The van der Waals surface area contributed by atoms with Gasteiger partial charge in [-0.1, -0.05) is 24.6 Å². The molecule has 2 N–H and O–H groups in total. The molecule has 0 bridgehead atoms. The van der Waals surface area contributed by atoms with Crippen LogP contribution in [0.25, 0.3) is 10.9 Å². The molecular formula is C17H22ClN3. The zero-order chi connectivity index (χ0) is 14.8. The van der Waals surface area contributed by atoms with Gasteiger partial charge in [-0.25, -0.2) is 0 Å². The van der Waals surface area contributed by atoms with Crippen molar-refractivity contribution in [2.24, 2.45) is 11.7 Å². The van der Waals surface area contributed by atoms with Crippen LogP contribution in [-0.2, 0) is 0 Å². The van der Waals surface area contributed by atoms with E-state index in [4.69, 9.17) is 17.3 Å². The van der Waals surface area contributed by atoms with Crippen molar-refractivity contribution in [1.29, 1.82) is 0 Å². The predicted octanol–water partition coefficient (Wildman–Crippen LogP) is 3.62. The second-order valence-electron chi connectivity index (χ2n) is 5.75. The van der Waals surface area contributed by atoms with Gasteiger partial charge in [-0.2, -0.15) is 0 Å². The summed E-state index contributed by atoms with van der Waals surface area (Å²) >= 11 is 6.33. The zero-order valence-electron chi connectivity index (χ0n) is 12.4. The highest BCUT2D eigenvalue weighted by molar-refractivity contribution is 6.35. The molecule has 0 amide bonds. The van der Waals surface area contributed by atoms with E-state index in [1.165, 1.54) is 18.4 Å². The highest BCUT2D eigenvalue weighted by Gasteiger charge is 2.32. The average molecular weight is 304 g/mol. The molecule has 0 spiro atoms. The number of fused-ring (bicyclic) bond motifs is 1. The van der Waals surface area contributed by atoms with Crippen molar-refractivity contribution in [1.82, 2.24) is 9.88 Å². The number of pyridine rings is 1. The van der Waals surface area contributed by atoms with E-state index in [-0.39, 0.29) is 0 Å². The second-order valence-corrected chi connectivity index (χ2v) is 6.15. The van der Waals surface area contributed by atoms with Gasteiger partial charge in [0.2, 0.25) is 0 Å². The Labute approximate surface area is 131 Å². The smallest absolute Gasteiger partial charge is 0.0764 e. The summed E-state index contributed by atoms with van der Waals surface area (Å²) in [5.41, 5.74) is 8.34. The normalized spacial score (nSPS) is 23.6. The molecule has 3 rings (SSSR count).